The summed E-state index contributed by atoms with van der Waals surface area (Å²) in [6.07, 6.45) is 0. The highest BCUT2D eigenvalue weighted by atomic mass is 32.1. The molecule has 184 valence electrons. The van der Waals surface area contributed by atoms with Gasteiger partial charge in [0.05, 0.1) is 4.88 Å². The lowest BCUT2D eigenvalue weighted by atomic mass is 9.98. The highest BCUT2D eigenvalue weighted by molar-refractivity contribution is 7.22. The Balaban J connectivity index is 1.48. The molecule has 0 saturated heterocycles. The van der Waals surface area contributed by atoms with Gasteiger partial charge >= 0.3 is 0 Å². The first-order chi connectivity index (χ1) is 19.3. The third-order valence-electron chi connectivity index (χ3n) is 6.79. The van der Waals surface area contributed by atoms with Crippen molar-refractivity contribution in [3.8, 4) is 55.7 Å². The number of hydrogen-bond acceptors (Lipinski definition) is 4. The Morgan fingerprint density at radius 1 is 0.385 bits per heavy atom. The molecule has 0 radical (unpaired) electrons. The van der Waals surface area contributed by atoms with Crippen molar-refractivity contribution in [1.29, 1.82) is 0 Å². The molecule has 7 rings (SSSR count). The van der Waals surface area contributed by atoms with E-state index in [0.717, 1.165) is 38.3 Å². The predicted molar refractivity (Wildman–Crippen MR) is 162 cm³/mol. The predicted octanol–water partition coefficient (Wildman–Crippen LogP) is 9.42. The highest BCUT2D eigenvalue weighted by Gasteiger charge is 2.18. The fourth-order valence-corrected chi connectivity index (χ4v) is 5.91. The fourth-order valence-electron chi connectivity index (χ4n) is 4.91. The number of thiophene rings is 1. The number of hydrogen-bond donors (Lipinski definition) is 0. The van der Waals surface area contributed by atoms with Crippen LogP contribution < -0.4 is 0 Å². The van der Waals surface area contributed by atoms with Crippen molar-refractivity contribution in [2.45, 2.75) is 0 Å². The van der Waals surface area contributed by atoms with Gasteiger partial charge in [-0.15, -0.1) is 11.3 Å². The van der Waals surface area contributed by atoms with Crippen LogP contribution in [0.3, 0.4) is 0 Å². The molecule has 3 nitrogen and oxygen atoms in total. The van der Waals surface area contributed by atoms with Crippen LogP contribution in [0.15, 0.2) is 140 Å². The van der Waals surface area contributed by atoms with E-state index in [1.54, 1.807) is 11.3 Å². The number of fused-ring (bicyclic) bond motifs is 1. The topological polar surface area (TPSA) is 38.7 Å². The number of aromatic nitrogens is 3. The van der Waals surface area contributed by atoms with Crippen LogP contribution in [0.4, 0.5) is 0 Å². The van der Waals surface area contributed by atoms with E-state index in [1.807, 2.05) is 24.3 Å². The molecule has 0 amide bonds. The lowest BCUT2D eigenvalue weighted by Crippen LogP contribution is -2.01. The molecule has 0 bridgehead atoms. The van der Waals surface area contributed by atoms with Gasteiger partial charge in [-0.3, -0.25) is 0 Å². The minimum Gasteiger partial charge on any atom is -0.208 e. The second-order valence-corrected chi connectivity index (χ2v) is 10.4. The van der Waals surface area contributed by atoms with Crippen molar-refractivity contribution in [3.05, 3.63) is 140 Å². The molecule has 0 saturated carbocycles. The van der Waals surface area contributed by atoms with Gasteiger partial charge < -0.3 is 0 Å². The lowest BCUT2D eigenvalue weighted by Gasteiger charge is -2.13. The summed E-state index contributed by atoms with van der Waals surface area (Å²) in [5, 5.41) is 1.19. The Bertz CT molecular complexity index is 1780. The molecule has 0 atom stereocenters. The summed E-state index contributed by atoms with van der Waals surface area (Å²) in [7, 11) is 0. The van der Waals surface area contributed by atoms with Crippen LogP contribution in [0.5, 0.6) is 0 Å². The molecule has 5 aromatic carbocycles. The Morgan fingerprint density at radius 2 is 0.821 bits per heavy atom. The third kappa shape index (κ3) is 4.52. The summed E-state index contributed by atoms with van der Waals surface area (Å²) in [6.45, 7) is 0. The zero-order valence-electron chi connectivity index (χ0n) is 21.0. The van der Waals surface area contributed by atoms with Crippen molar-refractivity contribution in [1.82, 2.24) is 15.0 Å². The van der Waals surface area contributed by atoms with Crippen LogP contribution in [-0.4, -0.2) is 15.0 Å². The van der Waals surface area contributed by atoms with Gasteiger partial charge in [0.25, 0.3) is 0 Å². The molecule has 7 aromatic rings. The summed E-state index contributed by atoms with van der Waals surface area (Å²) < 4.78 is 1.21. The molecule has 39 heavy (non-hydrogen) atoms. The molecule has 0 N–H and O–H groups in total. The first-order valence-electron chi connectivity index (χ1n) is 12.9. The molecule has 2 aromatic heterocycles. The Morgan fingerprint density at radius 3 is 1.36 bits per heavy atom. The highest BCUT2D eigenvalue weighted by Crippen LogP contribution is 2.37. The largest absolute Gasteiger partial charge is 0.208 e. The molecule has 0 fully saturated rings. The molecule has 0 aliphatic rings. The van der Waals surface area contributed by atoms with E-state index in [4.69, 9.17) is 15.0 Å². The number of benzene rings is 5. The maximum Gasteiger partial charge on any atom is 0.174 e. The van der Waals surface area contributed by atoms with E-state index in [-0.39, 0.29) is 0 Å². The fraction of sp³-hybridized carbons (Fsp3) is 0. The van der Waals surface area contributed by atoms with E-state index >= 15 is 0 Å². The average molecular weight is 518 g/mol. The lowest BCUT2D eigenvalue weighted by molar-refractivity contribution is 1.08. The van der Waals surface area contributed by atoms with E-state index in [2.05, 4.69) is 115 Å². The zero-order valence-corrected chi connectivity index (χ0v) is 21.8. The van der Waals surface area contributed by atoms with Crippen LogP contribution in [0.2, 0.25) is 0 Å². The van der Waals surface area contributed by atoms with Gasteiger partial charge in [-0.2, -0.15) is 0 Å². The number of rotatable bonds is 5. The maximum atomic E-state index is 5.11. The minimum atomic E-state index is 0.662. The molecule has 0 aliphatic heterocycles. The van der Waals surface area contributed by atoms with Gasteiger partial charge in [0.2, 0.25) is 0 Å². The van der Waals surface area contributed by atoms with Crippen LogP contribution in [0.25, 0.3) is 65.8 Å². The van der Waals surface area contributed by atoms with Crippen LogP contribution in [0, 0.1) is 0 Å². The van der Waals surface area contributed by atoms with Crippen LogP contribution in [-0.2, 0) is 0 Å². The summed E-state index contributed by atoms with van der Waals surface area (Å²) in [5.74, 6) is 2.01. The summed E-state index contributed by atoms with van der Waals surface area (Å²) in [4.78, 5) is 16.3. The third-order valence-corrected chi connectivity index (χ3v) is 7.90. The van der Waals surface area contributed by atoms with Crippen LogP contribution >= 0.6 is 11.3 Å². The average Bonchev–Trinajstić information content (AvgIpc) is 3.46. The number of nitrogens with zero attached hydrogens (tertiary/aromatic N) is 3. The molecular formula is C35H23N3S. The quantitative estimate of drug-likeness (QED) is 0.228. The Kier molecular flexibility index (Phi) is 6.00. The van der Waals surface area contributed by atoms with Gasteiger partial charge in [0, 0.05) is 15.8 Å². The normalized spacial score (nSPS) is 11.1. The van der Waals surface area contributed by atoms with Crippen molar-refractivity contribution in [2.24, 2.45) is 0 Å². The first-order valence-corrected chi connectivity index (χ1v) is 13.7. The van der Waals surface area contributed by atoms with Gasteiger partial charge in [-0.1, -0.05) is 127 Å². The van der Waals surface area contributed by atoms with Gasteiger partial charge in [0.1, 0.15) is 0 Å². The summed E-state index contributed by atoms with van der Waals surface area (Å²) >= 11 is 1.71. The van der Waals surface area contributed by atoms with Gasteiger partial charge in [-0.25, -0.2) is 15.0 Å². The Labute approximate surface area is 231 Å². The second-order valence-electron chi connectivity index (χ2n) is 9.28. The van der Waals surface area contributed by atoms with Gasteiger partial charge in [-0.05, 0) is 39.8 Å². The summed E-state index contributed by atoms with van der Waals surface area (Å²) in [6, 6.07) is 48.0. The first kappa shape index (κ1) is 23.2. The molecule has 2 heterocycles. The van der Waals surface area contributed by atoms with Crippen molar-refractivity contribution in [3.63, 3.8) is 0 Å². The van der Waals surface area contributed by atoms with E-state index in [1.165, 1.54) is 10.1 Å². The minimum absolute atomic E-state index is 0.662. The zero-order chi connectivity index (χ0) is 26.0. The second kappa shape index (κ2) is 10.1. The van der Waals surface area contributed by atoms with Crippen LogP contribution in [0.1, 0.15) is 0 Å². The van der Waals surface area contributed by atoms with Crippen molar-refractivity contribution >= 4 is 21.4 Å². The molecule has 0 aliphatic carbocycles. The SMILES string of the molecule is c1ccc(-c2ccccc2-c2nc(-c3cc4ccccc4s3)nc(-c3ccccc3-c3ccccc3)n2)cc1. The Hall–Kier alpha value is -4.93. The monoisotopic (exact) mass is 517 g/mol. The van der Waals surface area contributed by atoms with Crippen molar-refractivity contribution in [2.75, 3.05) is 0 Å². The smallest absolute Gasteiger partial charge is 0.174 e. The molecule has 0 unspecified atom stereocenters. The molecule has 4 heteroatoms. The standard InChI is InChI=1S/C35H23N3S/c1-3-13-24(14-4-1)27-18-8-10-20-29(27)33-36-34(30-21-11-9-19-28(30)25-15-5-2-6-16-25)38-35(37-33)32-23-26-17-7-12-22-31(26)39-32/h1-23H. The van der Waals surface area contributed by atoms with Crippen molar-refractivity contribution < 1.29 is 0 Å². The maximum absolute atomic E-state index is 5.11. The van der Waals surface area contributed by atoms with E-state index in [9.17, 15) is 0 Å². The van der Waals surface area contributed by atoms with Gasteiger partial charge in [0.15, 0.2) is 17.5 Å². The molecular weight excluding hydrogens is 494 g/mol. The summed E-state index contributed by atoms with van der Waals surface area (Å²) in [5.41, 5.74) is 6.40. The van der Waals surface area contributed by atoms with E-state index in [0.29, 0.717) is 17.5 Å². The van der Waals surface area contributed by atoms with E-state index < -0.39 is 0 Å². The molecule has 0 spiro atoms.